The molecule has 1 aliphatic heterocycles. The van der Waals surface area contributed by atoms with Crippen molar-refractivity contribution in [3.63, 3.8) is 0 Å². The summed E-state index contributed by atoms with van der Waals surface area (Å²) in [5, 5.41) is 8.56. The summed E-state index contributed by atoms with van der Waals surface area (Å²) in [6.45, 7) is 1.48. The first-order valence-corrected chi connectivity index (χ1v) is 9.00. The zero-order valence-electron chi connectivity index (χ0n) is 16.1. The molecule has 1 amide bonds. The van der Waals surface area contributed by atoms with Crippen LogP contribution in [-0.4, -0.2) is 39.2 Å². The van der Waals surface area contributed by atoms with E-state index in [0.29, 0.717) is 30.5 Å². The largest absolute Gasteiger partial charge is 0.497 e. The lowest BCUT2D eigenvalue weighted by Gasteiger charge is -2.12. The van der Waals surface area contributed by atoms with Gasteiger partial charge in [-0.25, -0.2) is 8.78 Å². The second-order valence-electron chi connectivity index (χ2n) is 6.35. The van der Waals surface area contributed by atoms with Gasteiger partial charge in [0.2, 0.25) is 0 Å². The number of carbonyl (C=O) groups is 1. The van der Waals surface area contributed by atoms with Gasteiger partial charge in [0.05, 0.1) is 20.8 Å². The van der Waals surface area contributed by atoms with Gasteiger partial charge in [0.25, 0.3) is 5.91 Å². The van der Waals surface area contributed by atoms with Crippen LogP contribution in [0.1, 0.15) is 21.5 Å². The van der Waals surface area contributed by atoms with Gasteiger partial charge in [0, 0.05) is 36.8 Å². The van der Waals surface area contributed by atoms with Crippen LogP contribution in [0.4, 0.5) is 8.78 Å². The Balaban J connectivity index is 1.70. The summed E-state index contributed by atoms with van der Waals surface area (Å²) in [5.74, 6) is -0.921. The molecule has 0 saturated carbocycles. The number of aliphatic imine (C=N–C) groups is 1. The molecule has 154 valence electrons. The zero-order valence-corrected chi connectivity index (χ0v) is 16.1. The number of methoxy groups -OCH3 is 2. The summed E-state index contributed by atoms with van der Waals surface area (Å²) >= 11 is 0. The third kappa shape index (κ3) is 5.13. The van der Waals surface area contributed by atoms with Crippen molar-refractivity contribution in [2.24, 2.45) is 4.99 Å². The predicted octanol–water partition coefficient (Wildman–Crippen LogP) is 1.96. The Labute approximate surface area is 167 Å². The maximum absolute atomic E-state index is 14.1. The SMILES string of the molecule is COc1cc(CNC(=O)c2cc(F)c(F)c(CNC3=NCCN3)c2)cc(OC)c1. The van der Waals surface area contributed by atoms with Gasteiger partial charge in [0.1, 0.15) is 11.5 Å². The Hall–Kier alpha value is -3.36. The summed E-state index contributed by atoms with van der Waals surface area (Å²) in [6, 6.07) is 7.41. The molecule has 1 aliphatic rings. The summed E-state index contributed by atoms with van der Waals surface area (Å²) in [7, 11) is 3.06. The number of hydrogen-bond donors (Lipinski definition) is 3. The molecule has 0 spiro atoms. The number of halogens is 2. The molecule has 1 heterocycles. The molecular weight excluding hydrogens is 382 g/mol. The van der Waals surface area contributed by atoms with Gasteiger partial charge in [-0.05, 0) is 29.8 Å². The first kappa shape index (κ1) is 20.4. The smallest absolute Gasteiger partial charge is 0.251 e. The molecule has 9 heteroatoms. The summed E-state index contributed by atoms with van der Waals surface area (Å²) in [4.78, 5) is 16.6. The Morgan fingerprint density at radius 2 is 1.83 bits per heavy atom. The number of hydrogen-bond acceptors (Lipinski definition) is 6. The molecule has 2 aromatic rings. The van der Waals surface area contributed by atoms with Gasteiger partial charge >= 0.3 is 0 Å². The lowest BCUT2D eigenvalue weighted by atomic mass is 10.1. The minimum absolute atomic E-state index is 0.00277. The van der Waals surface area contributed by atoms with Crippen molar-refractivity contribution in [2.75, 3.05) is 27.3 Å². The zero-order chi connectivity index (χ0) is 20.8. The van der Waals surface area contributed by atoms with Gasteiger partial charge < -0.3 is 25.4 Å². The standard InChI is InChI=1S/C20H22F2N4O3/c1-28-15-5-12(6-16(9-15)29-2)10-25-19(27)13-7-14(18(22)17(21)8-13)11-26-20-23-3-4-24-20/h5-9H,3-4,10-11H2,1-2H3,(H,25,27)(H2,23,24,26). The number of guanidine groups is 1. The fourth-order valence-electron chi connectivity index (χ4n) is 2.85. The van der Waals surface area contributed by atoms with E-state index in [4.69, 9.17) is 9.47 Å². The van der Waals surface area contributed by atoms with E-state index in [1.165, 1.54) is 20.3 Å². The lowest BCUT2D eigenvalue weighted by Crippen LogP contribution is -2.33. The van der Waals surface area contributed by atoms with E-state index in [1.807, 2.05) is 0 Å². The van der Waals surface area contributed by atoms with Gasteiger partial charge in [-0.2, -0.15) is 0 Å². The highest BCUT2D eigenvalue weighted by Gasteiger charge is 2.16. The van der Waals surface area contributed by atoms with Crippen LogP contribution < -0.4 is 25.4 Å². The topological polar surface area (TPSA) is 84.0 Å². The van der Waals surface area contributed by atoms with E-state index in [2.05, 4.69) is 20.9 Å². The van der Waals surface area contributed by atoms with Crippen molar-refractivity contribution >= 4 is 11.9 Å². The molecule has 0 aliphatic carbocycles. The van der Waals surface area contributed by atoms with E-state index >= 15 is 0 Å². The quantitative estimate of drug-likeness (QED) is 0.657. The van der Waals surface area contributed by atoms with E-state index in [-0.39, 0.29) is 24.2 Å². The molecule has 0 radical (unpaired) electrons. The molecule has 2 aromatic carbocycles. The Morgan fingerprint density at radius 1 is 1.10 bits per heavy atom. The van der Waals surface area contributed by atoms with E-state index in [0.717, 1.165) is 11.6 Å². The molecule has 0 aromatic heterocycles. The van der Waals surface area contributed by atoms with Crippen LogP contribution in [-0.2, 0) is 13.1 Å². The molecule has 0 bridgehead atoms. The Morgan fingerprint density at radius 3 is 2.45 bits per heavy atom. The van der Waals surface area contributed by atoms with Crippen LogP contribution >= 0.6 is 0 Å². The van der Waals surface area contributed by atoms with E-state index < -0.39 is 17.5 Å². The van der Waals surface area contributed by atoms with Crippen LogP contribution in [0, 0.1) is 11.6 Å². The van der Waals surface area contributed by atoms with Gasteiger partial charge in [0.15, 0.2) is 17.6 Å². The second-order valence-corrected chi connectivity index (χ2v) is 6.35. The molecule has 0 fully saturated rings. The monoisotopic (exact) mass is 404 g/mol. The average molecular weight is 404 g/mol. The second kappa shape index (κ2) is 9.22. The first-order valence-electron chi connectivity index (χ1n) is 9.00. The number of ether oxygens (including phenoxy) is 2. The average Bonchev–Trinajstić information content (AvgIpc) is 3.26. The van der Waals surface area contributed by atoms with Crippen molar-refractivity contribution in [3.8, 4) is 11.5 Å². The molecular formula is C20H22F2N4O3. The Kier molecular flexibility index (Phi) is 6.48. The number of nitrogens with one attached hydrogen (secondary N) is 3. The maximum Gasteiger partial charge on any atom is 0.251 e. The van der Waals surface area contributed by atoms with Crippen molar-refractivity contribution in [3.05, 3.63) is 58.7 Å². The van der Waals surface area contributed by atoms with Crippen LogP contribution in [0.25, 0.3) is 0 Å². The minimum Gasteiger partial charge on any atom is -0.497 e. The fraction of sp³-hybridized carbons (Fsp3) is 0.300. The van der Waals surface area contributed by atoms with Crippen molar-refractivity contribution in [2.45, 2.75) is 13.1 Å². The first-order chi connectivity index (χ1) is 14.0. The van der Waals surface area contributed by atoms with E-state index in [9.17, 15) is 13.6 Å². The van der Waals surface area contributed by atoms with Gasteiger partial charge in [-0.1, -0.05) is 0 Å². The van der Waals surface area contributed by atoms with Crippen molar-refractivity contribution < 1.29 is 23.0 Å². The van der Waals surface area contributed by atoms with E-state index in [1.54, 1.807) is 18.2 Å². The lowest BCUT2D eigenvalue weighted by molar-refractivity contribution is 0.0950. The third-order valence-electron chi connectivity index (χ3n) is 4.35. The number of benzene rings is 2. The predicted molar refractivity (Wildman–Crippen MR) is 104 cm³/mol. The molecule has 3 rings (SSSR count). The molecule has 0 atom stereocenters. The normalized spacial score (nSPS) is 12.8. The van der Waals surface area contributed by atoms with Crippen LogP contribution in [0.15, 0.2) is 35.3 Å². The number of nitrogens with zero attached hydrogens (tertiary/aromatic N) is 1. The third-order valence-corrected chi connectivity index (χ3v) is 4.35. The summed E-state index contributed by atoms with van der Waals surface area (Å²) in [5.41, 5.74) is 0.802. The molecule has 0 saturated heterocycles. The van der Waals surface area contributed by atoms with Crippen molar-refractivity contribution in [1.82, 2.24) is 16.0 Å². The summed E-state index contributed by atoms with van der Waals surface area (Å²) in [6.07, 6.45) is 0. The van der Waals surface area contributed by atoms with Gasteiger partial charge in [-0.15, -0.1) is 0 Å². The number of carbonyl (C=O) groups excluding carboxylic acids is 1. The number of amides is 1. The highest BCUT2D eigenvalue weighted by atomic mass is 19.2. The van der Waals surface area contributed by atoms with Gasteiger partial charge in [-0.3, -0.25) is 9.79 Å². The highest BCUT2D eigenvalue weighted by molar-refractivity contribution is 5.94. The molecule has 7 nitrogen and oxygen atoms in total. The number of rotatable bonds is 7. The maximum atomic E-state index is 14.1. The van der Waals surface area contributed by atoms with Crippen LogP contribution in [0.3, 0.4) is 0 Å². The van der Waals surface area contributed by atoms with Crippen molar-refractivity contribution in [1.29, 1.82) is 0 Å². The molecule has 0 unspecified atom stereocenters. The molecule has 3 N–H and O–H groups in total. The molecule has 29 heavy (non-hydrogen) atoms. The van der Waals surface area contributed by atoms with Crippen LogP contribution in [0.2, 0.25) is 0 Å². The minimum atomic E-state index is -1.08. The summed E-state index contributed by atoms with van der Waals surface area (Å²) < 4.78 is 38.5. The fourth-order valence-corrected chi connectivity index (χ4v) is 2.85. The highest BCUT2D eigenvalue weighted by Crippen LogP contribution is 2.22. The van der Waals surface area contributed by atoms with Crippen LogP contribution in [0.5, 0.6) is 11.5 Å². The Bertz CT molecular complexity index is 912.